The molecule has 0 heterocycles. The Morgan fingerprint density at radius 1 is 0.485 bits per heavy atom. The van der Waals surface area contributed by atoms with Crippen molar-refractivity contribution in [3.05, 3.63) is 175 Å². The summed E-state index contributed by atoms with van der Waals surface area (Å²) in [6.07, 6.45) is 8.33. The zero-order chi connectivity index (χ0) is 46.7. The van der Waals surface area contributed by atoms with Gasteiger partial charge in [0.1, 0.15) is 45.0 Å². The highest BCUT2D eigenvalue weighted by Crippen LogP contribution is 2.42. The average Bonchev–Trinajstić information content (AvgIpc) is 3.30. The largest absolute Gasteiger partial charge is 0.507 e. The fourth-order valence-corrected chi connectivity index (χ4v) is 8.96. The van der Waals surface area contributed by atoms with Crippen molar-refractivity contribution < 1.29 is 28.5 Å². The van der Waals surface area contributed by atoms with Crippen LogP contribution in [-0.2, 0) is 38.5 Å². The smallest absolute Gasteiger partial charge is 0.136 e. The first-order valence-electron chi connectivity index (χ1n) is 23.2. The van der Waals surface area contributed by atoms with Gasteiger partial charge < -0.3 is 19.7 Å². The van der Waals surface area contributed by atoms with Gasteiger partial charge in [-0.05, 0) is 145 Å². The molecular formula is C56H58Cl2F2N2O4. The monoisotopic (exact) mass is 930 g/mol. The zero-order valence-electron chi connectivity index (χ0n) is 38.3. The fourth-order valence-electron chi connectivity index (χ4n) is 8.51. The van der Waals surface area contributed by atoms with Crippen LogP contribution in [0.4, 0.5) is 20.2 Å². The summed E-state index contributed by atoms with van der Waals surface area (Å²) < 4.78 is 41.2. The van der Waals surface area contributed by atoms with Gasteiger partial charge in [-0.3, -0.25) is 0 Å². The maximum atomic E-state index is 13.9. The van der Waals surface area contributed by atoms with E-state index < -0.39 is 0 Å². The van der Waals surface area contributed by atoms with Crippen molar-refractivity contribution in [3.63, 3.8) is 0 Å². The molecule has 1 aliphatic carbocycles. The van der Waals surface area contributed by atoms with Gasteiger partial charge in [0.15, 0.2) is 0 Å². The number of benzene rings is 6. The first-order valence-corrected chi connectivity index (χ1v) is 24.0. The van der Waals surface area contributed by atoms with E-state index in [0.717, 1.165) is 84.7 Å². The molecule has 66 heavy (non-hydrogen) atoms. The highest BCUT2D eigenvalue weighted by molar-refractivity contribution is 6.70. The van der Waals surface area contributed by atoms with E-state index in [1.54, 1.807) is 24.3 Å². The van der Waals surface area contributed by atoms with Gasteiger partial charge in [0, 0.05) is 59.1 Å². The number of halogens is 4. The quantitative estimate of drug-likeness (QED) is 0.0946. The van der Waals surface area contributed by atoms with Gasteiger partial charge >= 0.3 is 0 Å². The van der Waals surface area contributed by atoms with Crippen molar-refractivity contribution in [3.8, 4) is 23.0 Å². The van der Waals surface area contributed by atoms with Crippen molar-refractivity contribution in [2.45, 2.75) is 105 Å². The van der Waals surface area contributed by atoms with E-state index in [4.69, 9.17) is 42.7 Å². The second-order valence-corrected chi connectivity index (χ2v) is 17.9. The molecule has 0 saturated heterocycles. The number of fused-ring (bicyclic) bond motifs is 8. The molecule has 2 N–H and O–H groups in total. The van der Waals surface area contributed by atoms with Crippen molar-refractivity contribution in [1.82, 2.24) is 0 Å². The Morgan fingerprint density at radius 3 is 1.09 bits per heavy atom. The number of phenols is 2. The molecule has 0 aromatic heterocycles. The van der Waals surface area contributed by atoms with Crippen LogP contribution in [0.25, 0.3) is 0 Å². The lowest BCUT2D eigenvalue weighted by Crippen LogP contribution is -2.08. The summed E-state index contributed by atoms with van der Waals surface area (Å²) in [6.45, 7) is 9.35. The van der Waals surface area contributed by atoms with Crippen LogP contribution in [0.15, 0.2) is 107 Å². The second kappa shape index (κ2) is 22.7. The number of unbranched alkanes of at least 4 members (excludes halogenated alkanes) is 2. The molecule has 0 spiro atoms. The highest BCUT2D eigenvalue weighted by Gasteiger charge is 2.24. The Bertz CT molecular complexity index is 2430. The number of rotatable bonds is 16. The molecule has 6 aromatic rings. The van der Waals surface area contributed by atoms with Gasteiger partial charge in [-0.25, -0.2) is 18.8 Å². The van der Waals surface area contributed by atoms with Crippen LogP contribution in [0.3, 0.4) is 0 Å². The molecule has 344 valence electrons. The minimum absolute atomic E-state index is 0.145. The number of hydrogen-bond donors (Lipinski definition) is 2. The van der Waals surface area contributed by atoms with Crippen molar-refractivity contribution in [1.29, 1.82) is 0 Å². The van der Waals surface area contributed by atoms with Crippen LogP contribution in [0, 0.1) is 11.6 Å². The summed E-state index contributed by atoms with van der Waals surface area (Å²) in [5.74, 6) is 0.913. The number of aromatic hydroxyl groups is 2. The SMILES string of the molecule is CCCCc1cc2c(OCCC)c(c1)Cc1cc(N=C(Cl)c3ccc(F)cc3)cc(c1O)Cc1cc(CCCC)cc(c1OCCC)Cc1cc(N=C(Cl)c3ccc(F)cc3)cc(c1O)C2. The Hall–Kier alpha value is -5.70. The van der Waals surface area contributed by atoms with Gasteiger partial charge in [0.25, 0.3) is 0 Å². The van der Waals surface area contributed by atoms with E-state index >= 15 is 0 Å². The normalized spacial score (nSPS) is 12.9. The molecule has 6 nitrogen and oxygen atoms in total. The van der Waals surface area contributed by atoms with Crippen LogP contribution in [0.1, 0.15) is 133 Å². The van der Waals surface area contributed by atoms with Crippen molar-refractivity contribution >= 4 is 44.9 Å². The third-order valence-corrected chi connectivity index (χ3v) is 12.4. The Morgan fingerprint density at radius 2 is 0.803 bits per heavy atom. The third-order valence-electron chi connectivity index (χ3n) is 11.8. The standard InChI is InChI=1S/C56H58Cl2F2N2O4/c1-5-9-11-35-23-43-27-39-31-49(61-55(57)37-13-17-47(59)18-14-37)33-41(51(39)63)29-45-25-36(12-10-6-2)26-46(54(45)66-22-8-4)30-42-34-50(62-56(58)38-15-19-48(60)20-16-38)32-40(52(42)64)28-44(24-35)53(43)65-21-7-3/h13-20,23-26,31-34,63-64H,5-12,21-22,27-30H2,1-4H3. The van der Waals surface area contributed by atoms with E-state index in [0.29, 0.717) is 95.2 Å². The number of hydrogen-bond acceptors (Lipinski definition) is 6. The molecular weight excluding hydrogens is 874 g/mol. The molecule has 0 unspecified atom stereocenters. The highest BCUT2D eigenvalue weighted by atomic mass is 35.5. The predicted molar refractivity (Wildman–Crippen MR) is 266 cm³/mol. The molecule has 8 bridgehead atoms. The number of phenolic OH excluding ortho intramolecular Hbond substituents is 2. The average molecular weight is 932 g/mol. The zero-order valence-corrected chi connectivity index (χ0v) is 39.8. The van der Waals surface area contributed by atoms with Crippen molar-refractivity contribution in [2.75, 3.05) is 13.2 Å². The molecule has 0 atom stereocenters. The summed E-state index contributed by atoms with van der Waals surface area (Å²) in [4.78, 5) is 9.71. The minimum Gasteiger partial charge on any atom is -0.507 e. The number of ether oxygens (including phenoxy) is 2. The first-order chi connectivity index (χ1) is 32.0. The Labute approximate surface area is 398 Å². The molecule has 0 amide bonds. The lowest BCUT2D eigenvalue weighted by molar-refractivity contribution is 0.311. The molecule has 0 radical (unpaired) electrons. The molecule has 1 aliphatic rings. The molecule has 6 aromatic carbocycles. The lowest BCUT2D eigenvalue weighted by Gasteiger charge is -2.22. The van der Waals surface area contributed by atoms with Crippen LogP contribution in [-0.4, -0.2) is 33.8 Å². The number of aliphatic imine (C=N–C) groups is 2. The third kappa shape index (κ3) is 12.0. The summed E-state index contributed by atoms with van der Waals surface area (Å²) in [6, 6.07) is 27.9. The second-order valence-electron chi connectivity index (χ2n) is 17.1. The predicted octanol–water partition coefficient (Wildman–Crippen LogP) is 14.9. The van der Waals surface area contributed by atoms with Gasteiger partial charge in [-0.1, -0.05) is 88.0 Å². The summed E-state index contributed by atoms with van der Waals surface area (Å²) in [5.41, 5.74) is 10.5. The Balaban J connectivity index is 1.51. The summed E-state index contributed by atoms with van der Waals surface area (Å²) in [7, 11) is 0. The van der Waals surface area contributed by atoms with E-state index in [1.165, 1.54) is 24.3 Å². The maximum absolute atomic E-state index is 13.9. The molecule has 0 aliphatic heterocycles. The van der Waals surface area contributed by atoms with Crippen LogP contribution in [0.5, 0.6) is 23.0 Å². The lowest BCUT2D eigenvalue weighted by atomic mass is 9.88. The van der Waals surface area contributed by atoms with Crippen LogP contribution >= 0.6 is 23.2 Å². The van der Waals surface area contributed by atoms with Gasteiger partial charge in [0.2, 0.25) is 0 Å². The summed E-state index contributed by atoms with van der Waals surface area (Å²) >= 11 is 13.7. The Kier molecular flexibility index (Phi) is 16.6. The van der Waals surface area contributed by atoms with E-state index in [-0.39, 0.29) is 33.5 Å². The van der Waals surface area contributed by atoms with Gasteiger partial charge in [-0.15, -0.1) is 0 Å². The van der Waals surface area contributed by atoms with E-state index in [2.05, 4.69) is 52.0 Å². The number of nitrogens with zero attached hydrogens (tertiary/aromatic N) is 2. The molecule has 10 heteroatoms. The van der Waals surface area contributed by atoms with Crippen molar-refractivity contribution in [2.24, 2.45) is 9.98 Å². The molecule has 0 fully saturated rings. The van der Waals surface area contributed by atoms with Crippen LogP contribution < -0.4 is 9.47 Å². The van der Waals surface area contributed by atoms with Gasteiger partial charge in [-0.2, -0.15) is 0 Å². The van der Waals surface area contributed by atoms with E-state index in [1.807, 2.05) is 24.3 Å². The van der Waals surface area contributed by atoms with Crippen LogP contribution in [0.2, 0.25) is 0 Å². The fraction of sp³-hybridized carbons (Fsp3) is 0.321. The first kappa shape index (κ1) is 48.2. The molecule has 0 saturated carbocycles. The molecule has 7 rings (SSSR count). The van der Waals surface area contributed by atoms with E-state index in [9.17, 15) is 19.0 Å². The minimum atomic E-state index is -0.372. The number of aryl methyl sites for hydroxylation is 2. The maximum Gasteiger partial charge on any atom is 0.136 e. The summed E-state index contributed by atoms with van der Waals surface area (Å²) in [5, 5.41) is 25.3. The van der Waals surface area contributed by atoms with Gasteiger partial charge in [0.05, 0.1) is 24.6 Å². The topological polar surface area (TPSA) is 83.6 Å².